The molecular formula is C29H27F3N2O3S. The summed E-state index contributed by atoms with van der Waals surface area (Å²) in [6, 6.07) is 19.6. The molecule has 0 unspecified atom stereocenters. The molecule has 1 heterocycles. The highest BCUT2D eigenvalue weighted by atomic mass is 32.2. The maximum absolute atomic E-state index is 12.9. The Hall–Kier alpha value is -3.59. The number of aromatic nitrogens is 1. The van der Waals surface area contributed by atoms with Gasteiger partial charge in [-0.05, 0) is 72.5 Å². The Kier molecular flexibility index (Phi) is 6.81. The van der Waals surface area contributed by atoms with Gasteiger partial charge in [0.15, 0.2) is 9.84 Å². The van der Waals surface area contributed by atoms with Crippen LogP contribution < -0.4 is 5.32 Å². The van der Waals surface area contributed by atoms with Crippen LogP contribution in [0.5, 0.6) is 0 Å². The van der Waals surface area contributed by atoms with Gasteiger partial charge in [-0.3, -0.25) is 4.79 Å². The van der Waals surface area contributed by atoms with E-state index >= 15 is 0 Å². The summed E-state index contributed by atoms with van der Waals surface area (Å²) in [4.78, 5) is 13.1. The van der Waals surface area contributed by atoms with E-state index < -0.39 is 21.6 Å². The van der Waals surface area contributed by atoms with Gasteiger partial charge < -0.3 is 9.88 Å². The number of sulfone groups is 1. The number of rotatable bonds is 8. The van der Waals surface area contributed by atoms with E-state index in [0.29, 0.717) is 18.0 Å². The minimum Gasteiger partial charge on any atom is -0.348 e. The average molecular weight is 541 g/mol. The predicted molar refractivity (Wildman–Crippen MR) is 140 cm³/mol. The van der Waals surface area contributed by atoms with Crippen molar-refractivity contribution in [3.63, 3.8) is 0 Å². The molecule has 0 aliphatic heterocycles. The number of hydrogen-bond donors (Lipinski definition) is 1. The van der Waals surface area contributed by atoms with Crippen molar-refractivity contribution in [3.05, 3.63) is 101 Å². The number of benzene rings is 3. The second-order valence-electron chi connectivity index (χ2n) is 9.61. The number of alkyl halides is 3. The molecule has 9 heteroatoms. The molecule has 198 valence electrons. The van der Waals surface area contributed by atoms with E-state index in [2.05, 4.69) is 9.88 Å². The van der Waals surface area contributed by atoms with Gasteiger partial charge in [0.25, 0.3) is 5.91 Å². The molecule has 1 fully saturated rings. The third-order valence-corrected chi connectivity index (χ3v) is 8.63. The van der Waals surface area contributed by atoms with Crippen molar-refractivity contribution in [2.45, 2.75) is 49.8 Å². The van der Waals surface area contributed by atoms with E-state index in [-0.39, 0.29) is 23.1 Å². The van der Waals surface area contributed by atoms with Crippen molar-refractivity contribution in [1.29, 1.82) is 0 Å². The zero-order valence-corrected chi connectivity index (χ0v) is 21.6. The maximum atomic E-state index is 12.9. The van der Waals surface area contributed by atoms with Crippen molar-refractivity contribution < 1.29 is 26.4 Å². The number of halogens is 3. The monoisotopic (exact) mass is 540 g/mol. The van der Waals surface area contributed by atoms with Crippen LogP contribution in [0.25, 0.3) is 10.9 Å². The lowest BCUT2D eigenvalue weighted by Gasteiger charge is -2.11. The number of nitrogens with one attached hydrogen (secondary N) is 1. The van der Waals surface area contributed by atoms with Crippen molar-refractivity contribution in [3.8, 4) is 0 Å². The van der Waals surface area contributed by atoms with E-state index in [1.165, 1.54) is 12.1 Å². The first-order valence-corrected chi connectivity index (χ1v) is 14.1. The normalized spacial score (nSPS) is 14.1. The van der Waals surface area contributed by atoms with Crippen LogP contribution >= 0.6 is 0 Å². The lowest BCUT2D eigenvalue weighted by Crippen LogP contribution is -2.22. The lowest BCUT2D eigenvalue weighted by atomic mass is 10.1. The van der Waals surface area contributed by atoms with E-state index in [0.717, 1.165) is 52.7 Å². The third-order valence-electron chi connectivity index (χ3n) is 6.87. The topological polar surface area (TPSA) is 68.2 Å². The number of hydrogen-bond acceptors (Lipinski definition) is 3. The highest BCUT2D eigenvalue weighted by molar-refractivity contribution is 7.91. The van der Waals surface area contributed by atoms with Gasteiger partial charge in [-0.2, -0.15) is 13.2 Å². The Morgan fingerprint density at radius 3 is 2.21 bits per heavy atom. The number of carbonyl (C=O) groups excluding carboxylic acids is 1. The quantitative estimate of drug-likeness (QED) is 0.285. The van der Waals surface area contributed by atoms with Gasteiger partial charge in [-0.1, -0.05) is 31.2 Å². The second-order valence-corrected chi connectivity index (χ2v) is 11.9. The van der Waals surface area contributed by atoms with Gasteiger partial charge >= 0.3 is 6.18 Å². The first kappa shape index (κ1) is 26.0. The lowest BCUT2D eigenvalue weighted by molar-refractivity contribution is -0.137. The Labute approximate surface area is 219 Å². The summed E-state index contributed by atoms with van der Waals surface area (Å²) in [5.41, 5.74) is 3.41. The molecule has 0 atom stereocenters. The minimum absolute atomic E-state index is 0.0279. The van der Waals surface area contributed by atoms with Crippen LogP contribution in [0.15, 0.2) is 77.7 Å². The molecular weight excluding hydrogens is 513 g/mol. The van der Waals surface area contributed by atoms with E-state index in [4.69, 9.17) is 0 Å². The van der Waals surface area contributed by atoms with Crippen LogP contribution in [-0.2, 0) is 29.0 Å². The number of carbonyl (C=O) groups is 1. The standard InChI is InChI=1S/C29H27F3N2O3S/c1-2-38(36,37)26-12-5-20(6-13-26)18-33-28(35)21-7-14-27-22(16-21)17-25(34(27)24-10-11-24)15-19-3-8-23(9-4-19)29(30,31)32/h3-9,12-14,16-17,24H,2,10-11,15,18H2,1H3,(H,33,35). The molecule has 0 saturated heterocycles. The van der Waals surface area contributed by atoms with Crippen LogP contribution in [0.1, 0.15) is 58.5 Å². The molecule has 0 bridgehead atoms. The number of amides is 1. The summed E-state index contributed by atoms with van der Waals surface area (Å²) in [5, 5.41) is 3.78. The molecule has 1 aromatic heterocycles. The van der Waals surface area contributed by atoms with Gasteiger partial charge in [-0.25, -0.2) is 8.42 Å². The van der Waals surface area contributed by atoms with E-state index in [1.807, 2.05) is 18.2 Å². The van der Waals surface area contributed by atoms with Gasteiger partial charge in [-0.15, -0.1) is 0 Å². The van der Waals surface area contributed by atoms with Crippen LogP contribution in [-0.4, -0.2) is 24.6 Å². The molecule has 1 saturated carbocycles. The molecule has 0 radical (unpaired) electrons. The van der Waals surface area contributed by atoms with Crippen LogP contribution in [0.4, 0.5) is 13.2 Å². The Balaban J connectivity index is 1.33. The molecule has 1 aliphatic carbocycles. The Morgan fingerprint density at radius 1 is 0.947 bits per heavy atom. The smallest absolute Gasteiger partial charge is 0.348 e. The maximum Gasteiger partial charge on any atom is 0.416 e. The summed E-state index contributed by atoms with van der Waals surface area (Å²) in [7, 11) is -3.28. The van der Waals surface area contributed by atoms with Gasteiger partial charge in [0.1, 0.15) is 0 Å². The number of nitrogens with zero attached hydrogens (tertiary/aromatic N) is 1. The van der Waals surface area contributed by atoms with Crippen LogP contribution in [0, 0.1) is 0 Å². The summed E-state index contributed by atoms with van der Waals surface area (Å²) < 4.78 is 65.0. The average Bonchev–Trinajstić information content (AvgIpc) is 3.67. The van der Waals surface area contributed by atoms with Gasteiger partial charge in [0.2, 0.25) is 0 Å². The Morgan fingerprint density at radius 2 is 1.61 bits per heavy atom. The van der Waals surface area contributed by atoms with Crippen molar-refractivity contribution in [2.75, 3.05) is 5.75 Å². The SMILES string of the molecule is CCS(=O)(=O)c1ccc(CNC(=O)c2ccc3c(c2)cc(Cc2ccc(C(F)(F)F)cc2)n3C2CC2)cc1. The molecule has 4 aromatic rings. The summed E-state index contributed by atoms with van der Waals surface area (Å²) >= 11 is 0. The molecule has 5 nitrogen and oxygen atoms in total. The molecule has 38 heavy (non-hydrogen) atoms. The summed E-state index contributed by atoms with van der Waals surface area (Å²) in [5.74, 6) is -0.222. The molecule has 1 N–H and O–H groups in total. The van der Waals surface area contributed by atoms with Crippen molar-refractivity contribution in [2.24, 2.45) is 0 Å². The van der Waals surface area contributed by atoms with E-state index in [9.17, 15) is 26.4 Å². The second kappa shape index (κ2) is 9.94. The van der Waals surface area contributed by atoms with Gasteiger partial charge in [0, 0.05) is 41.2 Å². The predicted octanol–water partition coefficient (Wildman–Crippen LogP) is 6.31. The highest BCUT2D eigenvalue weighted by Gasteiger charge is 2.30. The molecule has 1 aliphatic rings. The fourth-order valence-corrected chi connectivity index (χ4v) is 5.51. The first-order valence-electron chi connectivity index (χ1n) is 12.4. The summed E-state index contributed by atoms with van der Waals surface area (Å²) in [6.45, 7) is 1.85. The fourth-order valence-electron chi connectivity index (χ4n) is 4.62. The van der Waals surface area contributed by atoms with Crippen LogP contribution in [0.3, 0.4) is 0 Å². The molecule has 3 aromatic carbocycles. The van der Waals surface area contributed by atoms with E-state index in [1.54, 1.807) is 37.3 Å². The summed E-state index contributed by atoms with van der Waals surface area (Å²) in [6.07, 6.45) is -1.78. The van der Waals surface area contributed by atoms with Crippen molar-refractivity contribution >= 4 is 26.6 Å². The third kappa shape index (κ3) is 5.48. The Bertz CT molecular complexity index is 1590. The minimum atomic E-state index is -4.36. The fraction of sp³-hybridized carbons (Fsp3) is 0.276. The first-order chi connectivity index (χ1) is 18.0. The van der Waals surface area contributed by atoms with Gasteiger partial charge in [0.05, 0.1) is 16.2 Å². The highest BCUT2D eigenvalue weighted by Crippen LogP contribution is 2.40. The van der Waals surface area contributed by atoms with Crippen molar-refractivity contribution in [1.82, 2.24) is 9.88 Å². The molecule has 1 amide bonds. The van der Waals surface area contributed by atoms with Crippen LogP contribution in [0.2, 0.25) is 0 Å². The number of fused-ring (bicyclic) bond motifs is 1. The molecule has 5 rings (SSSR count). The molecule has 0 spiro atoms. The zero-order chi connectivity index (χ0) is 27.1. The largest absolute Gasteiger partial charge is 0.416 e. The zero-order valence-electron chi connectivity index (χ0n) is 20.8.